The van der Waals surface area contributed by atoms with E-state index in [4.69, 9.17) is 17.0 Å². The van der Waals surface area contributed by atoms with Gasteiger partial charge in [0.1, 0.15) is 5.75 Å². The van der Waals surface area contributed by atoms with Crippen LogP contribution in [0, 0.1) is 13.8 Å². The maximum absolute atomic E-state index is 12.3. The molecule has 4 nitrogen and oxygen atoms in total. The molecule has 114 valence electrons. The normalized spacial score (nSPS) is 9.95. The van der Waals surface area contributed by atoms with Gasteiger partial charge in [-0.05, 0) is 49.3 Å². The summed E-state index contributed by atoms with van der Waals surface area (Å²) in [6.45, 7) is 3.86. The Morgan fingerprint density at radius 2 is 1.73 bits per heavy atom. The molecule has 22 heavy (non-hydrogen) atoms. The predicted molar refractivity (Wildman–Crippen MR) is 92.6 cm³/mol. The Labute approximate surface area is 135 Å². The first-order chi connectivity index (χ1) is 10.5. The van der Waals surface area contributed by atoms with E-state index in [-0.39, 0.29) is 11.0 Å². The average molecular weight is 314 g/mol. The van der Waals surface area contributed by atoms with E-state index in [0.717, 1.165) is 16.8 Å². The minimum Gasteiger partial charge on any atom is -0.496 e. The molecular formula is C17H18N2O2S. The van der Waals surface area contributed by atoms with E-state index in [1.54, 1.807) is 13.2 Å². The zero-order valence-corrected chi connectivity index (χ0v) is 13.6. The van der Waals surface area contributed by atoms with Gasteiger partial charge in [-0.15, -0.1) is 0 Å². The van der Waals surface area contributed by atoms with Gasteiger partial charge in [-0.1, -0.05) is 30.3 Å². The third kappa shape index (κ3) is 3.62. The van der Waals surface area contributed by atoms with Gasteiger partial charge >= 0.3 is 0 Å². The molecule has 0 unspecified atom stereocenters. The van der Waals surface area contributed by atoms with E-state index >= 15 is 0 Å². The van der Waals surface area contributed by atoms with E-state index in [9.17, 15) is 4.79 Å². The van der Waals surface area contributed by atoms with Crippen molar-refractivity contribution in [3.8, 4) is 5.75 Å². The minimum absolute atomic E-state index is 0.253. The lowest BCUT2D eigenvalue weighted by atomic mass is 10.1. The van der Waals surface area contributed by atoms with Crippen LogP contribution in [0.2, 0.25) is 0 Å². The van der Waals surface area contributed by atoms with Crippen LogP contribution in [0.3, 0.4) is 0 Å². The molecule has 0 saturated carbocycles. The highest BCUT2D eigenvalue weighted by atomic mass is 32.1. The van der Waals surface area contributed by atoms with Crippen molar-refractivity contribution in [2.24, 2.45) is 0 Å². The molecule has 0 atom stereocenters. The molecule has 2 aromatic rings. The molecule has 0 aliphatic carbocycles. The number of carbonyl (C=O) groups is 1. The molecule has 2 aromatic carbocycles. The largest absolute Gasteiger partial charge is 0.496 e. The highest BCUT2D eigenvalue weighted by Gasteiger charge is 2.15. The van der Waals surface area contributed by atoms with Crippen LogP contribution in [0.5, 0.6) is 5.75 Å². The lowest BCUT2D eigenvalue weighted by Gasteiger charge is -2.14. The molecule has 0 aromatic heterocycles. The fraction of sp³-hybridized carbons (Fsp3) is 0.176. The zero-order chi connectivity index (χ0) is 16.1. The molecule has 0 bridgehead atoms. The predicted octanol–water partition coefficient (Wildman–Crippen LogP) is 3.44. The maximum Gasteiger partial charge on any atom is 0.261 e. The van der Waals surface area contributed by atoms with Crippen molar-refractivity contribution < 1.29 is 9.53 Å². The maximum atomic E-state index is 12.3. The van der Waals surface area contributed by atoms with Gasteiger partial charge < -0.3 is 10.1 Å². The number of hydrogen-bond donors (Lipinski definition) is 2. The number of anilines is 1. The van der Waals surface area contributed by atoms with Crippen LogP contribution >= 0.6 is 12.2 Å². The SMILES string of the molecule is COc1c(C)cccc1C(=O)NC(=S)Nc1ccccc1C. The Balaban J connectivity index is 2.11. The first kappa shape index (κ1) is 16.0. The summed E-state index contributed by atoms with van der Waals surface area (Å²) in [6.07, 6.45) is 0. The Kier molecular flexibility index (Phi) is 5.12. The summed E-state index contributed by atoms with van der Waals surface area (Å²) in [5.41, 5.74) is 3.26. The van der Waals surface area contributed by atoms with Crippen molar-refractivity contribution >= 4 is 28.9 Å². The Bertz CT molecular complexity index is 714. The van der Waals surface area contributed by atoms with Crippen LogP contribution in [0.4, 0.5) is 5.69 Å². The molecule has 0 saturated heterocycles. The standard InChI is InChI=1S/C17H18N2O2S/c1-11-7-4-5-10-14(11)18-17(22)19-16(20)13-9-6-8-12(2)15(13)21-3/h4-10H,1-3H3,(H2,18,19,20,22). The summed E-state index contributed by atoms with van der Waals surface area (Å²) in [5.74, 6) is 0.255. The van der Waals surface area contributed by atoms with Crippen molar-refractivity contribution in [1.82, 2.24) is 5.32 Å². The third-order valence-corrected chi connectivity index (χ3v) is 3.49. The van der Waals surface area contributed by atoms with E-state index in [1.165, 1.54) is 0 Å². The lowest BCUT2D eigenvalue weighted by molar-refractivity contribution is 0.0974. The molecule has 1 amide bonds. The Hall–Kier alpha value is -2.40. The van der Waals surface area contributed by atoms with Crippen LogP contribution in [-0.2, 0) is 0 Å². The summed E-state index contributed by atoms with van der Waals surface area (Å²) >= 11 is 5.20. The highest BCUT2D eigenvalue weighted by Crippen LogP contribution is 2.22. The Morgan fingerprint density at radius 1 is 1.05 bits per heavy atom. The second-order valence-corrected chi connectivity index (χ2v) is 5.29. The molecule has 0 radical (unpaired) electrons. The fourth-order valence-corrected chi connectivity index (χ4v) is 2.34. The molecule has 0 heterocycles. The topological polar surface area (TPSA) is 50.4 Å². The number of nitrogens with one attached hydrogen (secondary N) is 2. The number of benzene rings is 2. The van der Waals surface area contributed by atoms with E-state index in [2.05, 4.69) is 10.6 Å². The summed E-state index contributed by atoms with van der Waals surface area (Å²) in [4.78, 5) is 12.3. The second-order valence-electron chi connectivity index (χ2n) is 4.88. The van der Waals surface area contributed by atoms with Crippen LogP contribution in [0.15, 0.2) is 42.5 Å². The fourth-order valence-electron chi connectivity index (χ4n) is 2.14. The molecule has 0 spiro atoms. The molecule has 2 N–H and O–H groups in total. The van der Waals surface area contributed by atoms with Gasteiger partial charge in [-0.3, -0.25) is 10.1 Å². The van der Waals surface area contributed by atoms with Crippen molar-refractivity contribution in [1.29, 1.82) is 0 Å². The van der Waals surface area contributed by atoms with E-state index in [1.807, 2.05) is 50.2 Å². The molecular weight excluding hydrogens is 296 g/mol. The summed E-state index contributed by atoms with van der Waals surface area (Å²) < 4.78 is 5.29. The first-order valence-corrected chi connectivity index (χ1v) is 7.25. The number of aryl methyl sites for hydroxylation is 2. The van der Waals surface area contributed by atoms with Crippen LogP contribution in [0.25, 0.3) is 0 Å². The molecule has 0 aliphatic rings. The summed E-state index contributed by atoms with van der Waals surface area (Å²) in [7, 11) is 1.54. The van der Waals surface area contributed by atoms with Crippen LogP contribution in [0.1, 0.15) is 21.5 Å². The number of carbonyl (C=O) groups excluding carboxylic acids is 1. The van der Waals surface area contributed by atoms with Crippen molar-refractivity contribution in [2.75, 3.05) is 12.4 Å². The lowest BCUT2D eigenvalue weighted by Crippen LogP contribution is -2.34. The smallest absolute Gasteiger partial charge is 0.261 e. The van der Waals surface area contributed by atoms with Gasteiger partial charge in [-0.2, -0.15) is 0 Å². The number of amides is 1. The van der Waals surface area contributed by atoms with Gasteiger partial charge in [-0.25, -0.2) is 0 Å². The first-order valence-electron chi connectivity index (χ1n) is 6.84. The highest BCUT2D eigenvalue weighted by molar-refractivity contribution is 7.80. The minimum atomic E-state index is -0.299. The molecule has 0 fully saturated rings. The van der Waals surface area contributed by atoms with Crippen molar-refractivity contribution in [2.45, 2.75) is 13.8 Å². The number of para-hydroxylation sites is 2. The number of rotatable bonds is 3. The number of methoxy groups -OCH3 is 1. The Morgan fingerprint density at radius 3 is 2.41 bits per heavy atom. The number of ether oxygens (including phenoxy) is 1. The summed E-state index contributed by atoms with van der Waals surface area (Å²) in [5, 5.41) is 5.95. The van der Waals surface area contributed by atoms with Crippen LogP contribution in [-0.4, -0.2) is 18.1 Å². The van der Waals surface area contributed by atoms with Gasteiger partial charge in [0.15, 0.2) is 5.11 Å². The molecule has 0 aliphatic heterocycles. The van der Waals surface area contributed by atoms with Crippen molar-refractivity contribution in [3.05, 3.63) is 59.2 Å². The van der Waals surface area contributed by atoms with Gasteiger partial charge in [0.05, 0.1) is 12.7 Å². The second kappa shape index (κ2) is 7.04. The quantitative estimate of drug-likeness (QED) is 0.852. The number of thiocarbonyl (C=S) groups is 1. The van der Waals surface area contributed by atoms with Crippen molar-refractivity contribution in [3.63, 3.8) is 0 Å². The van der Waals surface area contributed by atoms with E-state index < -0.39 is 0 Å². The number of hydrogen-bond acceptors (Lipinski definition) is 3. The molecule has 5 heteroatoms. The zero-order valence-electron chi connectivity index (χ0n) is 12.8. The van der Waals surface area contributed by atoms with Gasteiger partial charge in [0.25, 0.3) is 5.91 Å². The van der Waals surface area contributed by atoms with Gasteiger partial charge in [0.2, 0.25) is 0 Å². The van der Waals surface area contributed by atoms with Gasteiger partial charge in [0, 0.05) is 5.69 Å². The van der Waals surface area contributed by atoms with Crippen LogP contribution < -0.4 is 15.4 Å². The third-order valence-electron chi connectivity index (χ3n) is 3.28. The molecule has 2 rings (SSSR count). The summed E-state index contributed by atoms with van der Waals surface area (Å²) in [6, 6.07) is 13.1. The monoisotopic (exact) mass is 314 g/mol. The van der Waals surface area contributed by atoms with E-state index in [0.29, 0.717) is 11.3 Å². The average Bonchev–Trinajstić information content (AvgIpc) is 2.49.